The monoisotopic (exact) mass is 672 g/mol. The minimum Gasteiger partial charge on any atom is -0.455 e. The molecule has 1 aromatic heterocycles. The van der Waals surface area contributed by atoms with E-state index in [1.165, 1.54) is 21.9 Å². The zero-order valence-corrected chi connectivity index (χ0v) is 28.8. The van der Waals surface area contributed by atoms with Crippen LogP contribution in [0.5, 0.6) is 0 Å². The summed E-state index contributed by atoms with van der Waals surface area (Å²) in [6.45, 7) is 3.11. The fourth-order valence-electron chi connectivity index (χ4n) is 7.80. The van der Waals surface area contributed by atoms with Crippen LogP contribution in [-0.4, -0.2) is 17.7 Å². The summed E-state index contributed by atoms with van der Waals surface area (Å²) >= 11 is 0. The highest BCUT2D eigenvalue weighted by Gasteiger charge is 2.23. The van der Waals surface area contributed by atoms with E-state index in [2.05, 4.69) is 133 Å². The first-order chi connectivity index (χ1) is 25.6. The number of hydrogen-bond acceptors (Lipinski definition) is 5. The summed E-state index contributed by atoms with van der Waals surface area (Å²) in [7, 11) is 0. The van der Waals surface area contributed by atoms with Crippen molar-refractivity contribution in [3.63, 3.8) is 0 Å². The van der Waals surface area contributed by atoms with Crippen LogP contribution in [0.1, 0.15) is 40.9 Å². The van der Waals surface area contributed by atoms with E-state index >= 15 is 0 Å². The summed E-state index contributed by atoms with van der Waals surface area (Å²) in [5.74, 6) is 1.52. The van der Waals surface area contributed by atoms with Crippen LogP contribution in [0.2, 0.25) is 0 Å². The largest absolute Gasteiger partial charge is 0.455 e. The standard InChI is InChI=1S/C47H36N4O/c1-29-24-37-27-42-41(26-38(37)28-48-29)43-39(22-23-40(44(43)52-42)36-21-16-30-10-8-9-15-35(30)25-36)31-17-19-34(20-18-31)47-50-45(32-11-4-2-5-12-32)49-46(51-47)33-13-6-3-7-14-33/h2-23,25-27,29,45,48H,24,28H2,1H3,(H,49,50,51). The number of rotatable bonds is 5. The van der Waals surface area contributed by atoms with E-state index in [1.54, 1.807) is 0 Å². The van der Waals surface area contributed by atoms with E-state index in [-0.39, 0.29) is 6.17 Å². The molecular weight excluding hydrogens is 637 g/mol. The van der Waals surface area contributed by atoms with Crippen LogP contribution in [0.25, 0.3) is 55.0 Å². The topological polar surface area (TPSA) is 61.9 Å². The number of fused-ring (bicyclic) bond motifs is 5. The van der Waals surface area contributed by atoms with E-state index in [4.69, 9.17) is 14.4 Å². The van der Waals surface area contributed by atoms with Crippen molar-refractivity contribution in [3.8, 4) is 22.3 Å². The van der Waals surface area contributed by atoms with Crippen molar-refractivity contribution in [1.29, 1.82) is 0 Å². The number of amidine groups is 2. The van der Waals surface area contributed by atoms with Crippen molar-refractivity contribution in [2.45, 2.75) is 32.1 Å². The number of furan rings is 1. The molecular formula is C47H36N4O. The Hall–Kier alpha value is -6.30. The van der Waals surface area contributed by atoms with Crippen LogP contribution in [0.3, 0.4) is 0 Å². The lowest BCUT2D eigenvalue weighted by molar-refractivity contribution is 0.513. The van der Waals surface area contributed by atoms with Gasteiger partial charge in [0.15, 0.2) is 5.84 Å². The molecule has 0 amide bonds. The summed E-state index contributed by atoms with van der Waals surface area (Å²) in [4.78, 5) is 10.1. The maximum absolute atomic E-state index is 6.88. The van der Waals surface area contributed by atoms with Crippen LogP contribution in [0.15, 0.2) is 166 Å². The van der Waals surface area contributed by atoms with Crippen LogP contribution >= 0.6 is 0 Å². The van der Waals surface area contributed by atoms with Gasteiger partial charge in [0.1, 0.15) is 23.2 Å². The second-order valence-electron chi connectivity index (χ2n) is 13.9. The molecule has 2 N–H and O–H groups in total. The smallest absolute Gasteiger partial charge is 0.159 e. The van der Waals surface area contributed by atoms with Gasteiger partial charge in [0.05, 0.1) is 0 Å². The first-order valence-electron chi connectivity index (χ1n) is 18.0. The van der Waals surface area contributed by atoms with E-state index in [9.17, 15) is 0 Å². The van der Waals surface area contributed by atoms with Crippen molar-refractivity contribution < 1.29 is 4.42 Å². The Morgan fingerprint density at radius 1 is 0.615 bits per heavy atom. The third kappa shape index (κ3) is 5.38. The quantitative estimate of drug-likeness (QED) is 0.191. The molecule has 0 spiro atoms. The molecule has 5 heteroatoms. The molecule has 52 heavy (non-hydrogen) atoms. The van der Waals surface area contributed by atoms with Crippen molar-refractivity contribution >= 4 is 44.4 Å². The summed E-state index contributed by atoms with van der Waals surface area (Å²) in [6.07, 6.45) is 0.749. The normalized spacial score (nSPS) is 17.1. The Bertz CT molecular complexity index is 2690. The summed E-state index contributed by atoms with van der Waals surface area (Å²) < 4.78 is 6.88. The predicted octanol–water partition coefficient (Wildman–Crippen LogP) is 10.6. The predicted molar refractivity (Wildman–Crippen MR) is 214 cm³/mol. The molecule has 0 fully saturated rings. The van der Waals surface area contributed by atoms with Crippen LogP contribution in [-0.2, 0) is 13.0 Å². The SMILES string of the molecule is CC1Cc2cc3oc4c(-c5ccc6ccccc6c5)ccc(-c5ccc(C6=NC(c7ccccc7)NC(c7ccccc7)=N6)cc5)c4c3cc2CN1. The van der Waals surface area contributed by atoms with Crippen molar-refractivity contribution in [2.75, 3.05) is 0 Å². The maximum atomic E-state index is 6.88. The van der Waals surface area contributed by atoms with Gasteiger partial charge < -0.3 is 15.1 Å². The minimum absolute atomic E-state index is 0.244. The molecule has 0 bridgehead atoms. The van der Waals surface area contributed by atoms with Crippen LogP contribution in [0.4, 0.5) is 0 Å². The Morgan fingerprint density at radius 3 is 2.15 bits per heavy atom. The van der Waals surface area contributed by atoms with Gasteiger partial charge in [-0.3, -0.25) is 0 Å². The molecule has 3 heterocycles. The van der Waals surface area contributed by atoms with E-state index in [0.29, 0.717) is 11.9 Å². The number of aliphatic imine (C=N–C) groups is 2. The zero-order chi connectivity index (χ0) is 34.6. The van der Waals surface area contributed by atoms with Gasteiger partial charge >= 0.3 is 0 Å². The summed E-state index contributed by atoms with van der Waals surface area (Å²) in [6, 6.07) is 54.0. The highest BCUT2D eigenvalue weighted by Crippen LogP contribution is 2.43. The van der Waals surface area contributed by atoms with Gasteiger partial charge in [0.25, 0.3) is 0 Å². The molecule has 2 unspecified atom stereocenters. The third-order valence-corrected chi connectivity index (χ3v) is 10.5. The van der Waals surface area contributed by atoms with Gasteiger partial charge in [0.2, 0.25) is 0 Å². The number of nitrogens with one attached hydrogen (secondary N) is 2. The lowest BCUT2D eigenvalue weighted by atomic mass is 9.91. The fourth-order valence-corrected chi connectivity index (χ4v) is 7.80. The molecule has 0 aliphatic carbocycles. The number of nitrogens with zero attached hydrogens (tertiary/aromatic N) is 2. The van der Waals surface area contributed by atoms with Crippen molar-refractivity contribution in [2.24, 2.45) is 9.98 Å². The zero-order valence-electron chi connectivity index (χ0n) is 28.8. The van der Waals surface area contributed by atoms with E-state index in [0.717, 1.165) is 79.7 Å². The van der Waals surface area contributed by atoms with Gasteiger partial charge in [-0.15, -0.1) is 0 Å². The molecule has 0 radical (unpaired) electrons. The third-order valence-electron chi connectivity index (χ3n) is 10.5. The highest BCUT2D eigenvalue weighted by molar-refractivity contribution is 6.17. The van der Waals surface area contributed by atoms with Gasteiger partial charge in [-0.05, 0) is 81.8 Å². The van der Waals surface area contributed by atoms with Gasteiger partial charge in [-0.25, -0.2) is 9.98 Å². The van der Waals surface area contributed by atoms with Crippen molar-refractivity contribution in [3.05, 3.63) is 179 Å². The molecule has 2 aliphatic rings. The molecule has 250 valence electrons. The van der Waals surface area contributed by atoms with Gasteiger partial charge in [-0.1, -0.05) is 127 Å². The Labute approximate surface area is 302 Å². The molecule has 2 aliphatic heterocycles. The molecule has 7 aromatic carbocycles. The second-order valence-corrected chi connectivity index (χ2v) is 13.9. The first kappa shape index (κ1) is 30.5. The van der Waals surface area contributed by atoms with Gasteiger partial charge in [-0.2, -0.15) is 0 Å². The lowest BCUT2D eigenvalue weighted by Gasteiger charge is -2.23. The van der Waals surface area contributed by atoms with E-state index < -0.39 is 0 Å². The molecule has 2 atom stereocenters. The van der Waals surface area contributed by atoms with Crippen molar-refractivity contribution in [1.82, 2.24) is 10.6 Å². The lowest BCUT2D eigenvalue weighted by Crippen LogP contribution is -2.33. The Balaban J connectivity index is 1.11. The minimum atomic E-state index is -0.244. The highest BCUT2D eigenvalue weighted by atomic mass is 16.3. The number of benzene rings is 7. The average molecular weight is 673 g/mol. The van der Waals surface area contributed by atoms with Crippen LogP contribution in [0, 0.1) is 0 Å². The average Bonchev–Trinajstić information content (AvgIpc) is 3.58. The maximum Gasteiger partial charge on any atom is 0.159 e. The molecule has 0 saturated heterocycles. The molecule has 5 nitrogen and oxygen atoms in total. The molecule has 8 aromatic rings. The number of hydrogen-bond donors (Lipinski definition) is 2. The summed E-state index contributed by atoms with van der Waals surface area (Å²) in [5.41, 5.74) is 12.2. The first-order valence-corrected chi connectivity index (χ1v) is 18.0. The van der Waals surface area contributed by atoms with Crippen LogP contribution < -0.4 is 10.6 Å². The summed E-state index contributed by atoms with van der Waals surface area (Å²) in [5, 5.41) is 11.9. The Kier molecular flexibility index (Phi) is 7.33. The fraction of sp³-hybridized carbons (Fsp3) is 0.106. The molecule has 10 rings (SSSR count). The molecule has 0 saturated carbocycles. The Morgan fingerprint density at radius 2 is 1.33 bits per heavy atom. The second kappa shape index (κ2) is 12.5. The van der Waals surface area contributed by atoms with Gasteiger partial charge in [0, 0.05) is 40.0 Å². The van der Waals surface area contributed by atoms with E-state index in [1.807, 2.05) is 36.4 Å².